The van der Waals surface area contributed by atoms with Gasteiger partial charge in [0.2, 0.25) is 0 Å². The van der Waals surface area contributed by atoms with E-state index in [9.17, 15) is 4.79 Å². The maximum absolute atomic E-state index is 12.8. The zero-order valence-corrected chi connectivity index (χ0v) is 15.0. The average Bonchev–Trinajstić information content (AvgIpc) is 3.22. The molecule has 1 amide bonds. The summed E-state index contributed by atoms with van der Waals surface area (Å²) in [6, 6.07) is 1.94. The minimum absolute atomic E-state index is 0.0473. The number of hydrogen-bond acceptors (Lipinski definition) is 5. The van der Waals surface area contributed by atoms with Crippen LogP contribution in [-0.2, 0) is 0 Å². The SMILES string of the molecule is Cc1noc2nc(C3CC3)cc(C(=O)NC[C@H](C)CN3CCCC3)c12. The lowest BCUT2D eigenvalue weighted by atomic mass is 10.1. The van der Waals surface area contributed by atoms with Gasteiger partial charge in [-0.1, -0.05) is 12.1 Å². The van der Waals surface area contributed by atoms with Crippen molar-refractivity contribution in [1.82, 2.24) is 20.4 Å². The molecule has 2 aromatic rings. The number of aromatic nitrogens is 2. The fourth-order valence-electron chi connectivity index (χ4n) is 3.71. The van der Waals surface area contributed by atoms with Gasteiger partial charge in [0, 0.05) is 24.7 Å². The van der Waals surface area contributed by atoms with Gasteiger partial charge in [0.1, 0.15) is 0 Å². The number of amides is 1. The summed E-state index contributed by atoms with van der Waals surface area (Å²) in [6.07, 6.45) is 4.87. The smallest absolute Gasteiger partial charge is 0.259 e. The van der Waals surface area contributed by atoms with E-state index < -0.39 is 0 Å². The number of fused-ring (bicyclic) bond motifs is 1. The Labute approximate surface area is 148 Å². The first-order valence-corrected chi connectivity index (χ1v) is 9.39. The number of likely N-dealkylation sites (tertiary alicyclic amines) is 1. The van der Waals surface area contributed by atoms with Crippen molar-refractivity contribution in [2.24, 2.45) is 5.92 Å². The van der Waals surface area contributed by atoms with Crippen LogP contribution in [0.1, 0.15) is 60.3 Å². The monoisotopic (exact) mass is 342 g/mol. The summed E-state index contributed by atoms with van der Waals surface area (Å²) < 4.78 is 5.32. The highest BCUT2D eigenvalue weighted by Crippen LogP contribution is 2.40. The third-order valence-electron chi connectivity index (χ3n) is 5.26. The Kier molecular flexibility index (Phi) is 4.46. The molecule has 1 aliphatic heterocycles. The molecule has 1 aliphatic carbocycles. The maximum atomic E-state index is 12.8. The number of carbonyl (C=O) groups excluding carboxylic acids is 1. The zero-order chi connectivity index (χ0) is 17.4. The molecule has 4 rings (SSSR count). The number of rotatable bonds is 6. The molecule has 6 heteroatoms. The molecule has 0 spiro atoms. The fraction of sp³-hybridized carbons (Fsp3) is 0.632. The third kappa shape index (κ3) is 3.54. The maximum Gasteiger partial charge on any atom is 0.259 e. The highest BCUT2D eigenvalue weighted by Gasteiger charge is 2.28. The Morgan fingerprint density at radius 2 is 2.16 bits per heavy atom. The first kappa shape index (κ1) is 16.5. The van der Waals surface area contributed by atoms with E-state index in [0.717, 1.165) is 36.2 Å². The van der Waals surface area contributed by atoms with Crippen LogP contribution in [0.3, 0.4) is 0 Å². The standard InChI is InChI=1S/C19H26N4O2/c1-12(11-23-7-3-4-8-23)10-20-18(24)15-9-16(14-5-6-14)21-19-17(15)13(2)22-25-19/h9,12,14H,3-8,10-11H2,1-2H3,(H,20,24)/t12-/m0/s1. The predicted molar refractivity (Wildman–Crippen MR) is 95.7 cm³/mol. The Balaban J connectivity index is 1.48. The summed E-state index contributed by atoms with van der Waals surface area (Å²) in [4.78, 5) is 19.9. The highest BCUT2D eigenvalue weighted by atomic mass is 16.5. The molecule has 1 saturated carbocycles. The fourth-order valence-corrected chi connectivity index (χ4v) is 3.71. The highest BCUT2D eigenvalue weighted by molar-refractivity contribution is 6.06. The minimum Gasteiger partial charge on any atom is -0.352 e. The van der Waals surface area contributed by atoms with Crippen molar-refractivity contribution in [3.8, 4) is 0 Å². The predicted octanol–water partition coefficient (Wildman–Crippen LogP) is 2.87. The second-order valence-electron chi connectivity index (χ2n) is 7.64. The molecule has 2 aliphatic rings. The summed E-state index contributed by atoms with van der Waals surface area (Å²) in [5.74, 6) is 0.857. The first-order chi connectivity index (χ1) is 12.1. The van der Waals surface area contributed by atoms with Crippen molar-refractivity contribution in [3.63, 3.8) is 0 Å². The van der Waals surface area contributed by atoms with Crippen LogP contribution >= 0.6 is 0 Å². The molecule has 0 unspecified atom stereocenters. The third-order valence-corrected chi connectivity index (χ3v) is 5.26. The topological polar surface area (TPSA) is 71.3 Å². The number of nitrogens with zero attached hydrogens (tertiary/aromatic N) is 3. The Morgan fingerprint density at radius 3 is 2.88 bits per heavy atom. The minimum atomic E-state index is -0.0473. The van der Waals surface area contributed by atoms with Crippen LogP contribution in [0.5, 0.6) is 0 Å². The van der Waals surface area contributed by atoms with Crippen LogP contribution < -0.4 is 5.32 Å². The normalized spacial score (nSPS) is 19.4. The van der Waals surface area contributed by atoms with E-state index >= 15 is 0 Å². The second-order valence-corrected chi connectivity index (χ2v) is 7.64. The molecule has 25 heavy (non-hydrogen) atoms. The molecule has 0 bridgehead atoms. The van der Waals surface area contributed by atoms with Crippen LogP contribution in [0.4, 0.5) is 0 Å². The number of nitrogens with one attached hydrogen (secondary N) is 1. The van der Waals surface area contributed by atoms with Gasteiger partial charge < -0.3 is 14.7 Å². The molecule has 2 fully saturated rings. The average molecular weight is 342 g/mol. The lowest BCUT2D eigenvalue weighted by Gasteiger charge is -2.20. The second kappa shape index (κ2) is 6.75. The summed E-state index contributed by atoms with van der Waals surface area (Å²) in [7, 11) is 0. The molecule has 6 nitrogen and oxygen atoms in total. The largest absolute Gasteiger partial charge is 0.352 e. The Morgan fingerprint density at radius 1 is 1.40 bits per heavy atom. The van der Waals surface area contributed by atoms with Crippen LogP contribution in [0.25, 0.3) is 11.1 Å². The zero-order valence-electron chi connectivity index (χ0n) is 15.0. The van der Waals surface area contributed by atoms with Gasteiger partial charge in [-0.2, -0.15) is 0 Å². The summed E-state index contributed by atoms with van der Waals surface area (Å²) >= 11 is 0. The Hall–Kier alpha value is -1.95. The van der Waals surface area contributed by atoms with Crippen molar-refractivity contribution in [1.29, 1.82) is 0 Å². The van der Waals surface area contributed by atoms with E-state index in [1.165, 1.54) is 25.9 Å². The Bertz CT molecular complexity index is 775. The summed E-state index contributed by atoms with van der Waals surface area (Å²) in [5.41, 5.74) is 2.82. The molecule has 0 aromatic carbocycles. The van der Waals surface area contributed by atoms with Crippen LogP contribution in [0.15, 0.2) is 10.6 Å². The van der Waals surface area contributed by atoms with Crippen molar-refractivity contribution in [2.75, 3.05) is 26.2 Å². The van der Waals surface area contributed by atoms with Gasteiger partial charge in [-0.3, -0.25) is 4.79 Å². The van der Waals surface area contributed by atoms with Crippen molar-refractivity contribution in [2.45, 2.75) is 45.4 Å². The van der Waals surface area contributed by atoms with Gasteiger partial charge in [-0.25, -0.2) is 4.98 Å². The van der Waals surface area contributed by atoms with E-state index in [1.54, 1.807) is 0 Å². The molecule has 3 heterocycles. The van der Waals surface area contributed by atoms with Gasteiger partial charge in [0.05, 0.1) is 16.6 Å². The molecule has 1 N–H and O–H groups in total. The van der Waals surface area contributed by atoms with Gasteiger partial charge in [-0.15, -0.1) is 0 Å². The van der Waals surface area contributed by atoms with Crippen molar-refractivity contribution in [3.05, 3.63) is 23.0 Å². The lowest BCUT2D eigenvalue weighted by Crippen LogP contribution is -2.34. The molecule has 0 radical (unpaired) electrons. The summed E-state index contributed by atoms with van der Waals surface area (Å²) in [6.45, 7) is 8.16. The van der Waals surface area contributed by atoms with E-state index in [1.807, 2.05) is 13.0 Å². The van der Waals surface area contributed by atoms with Gasteiger partial charge in [0.25, 0.3) is 11.6 Å². The van der Waals surface area contributed by atoms with Crippen LogP contribution in [0, 0.1) is 12.8 Å². The van der Waals surface area contributed by atoms with E-state index in [4.69, 9.17) is 4.52 Å². The molecule has 1 saturated heterocycles. The van der Waals surface area contributed by atoms with Gasteiger partial charge in [-0.05, 0) is 57.7 Å². The molecular weight excluding hydrogens is 316 g/mol. The van der Waals surface area contributed by atoms with Crippen molar-refractivity contribution < 1.29 is 9.32 Å². The van der Waals surface area contributed by atoms with Crippen molar-refractivity contribution >= 4 is 17.0 Å². The van der Waals surface area contributed by atoms with Crippen LogP contribution in [-0.4, -0.2) is 47.1 Å². The van der Waals surface area contributed by atoms with E-state index in [0.29, 0.717) is 29.7 Å². The van der Waals surface area contributed by atoms with E-state index in [2.05, 4.69) is 27.3 Å². The molecule has 2 aromatic heterocycles. The summed E-state index contributed by atoms with van der Waals surface area (Å²) in [5, 5.41) is 7.85. The number of hydrogen-bond donors (Lipinski definition) is 1. The number of pyridine rings is 1. The quantitative estimate of drug-likeness (QED) is 0.874. The molecular formula is C19H26N4O2. The molecule has 1 atom stereocenters. The van der Waals surface area contributed by atoms with Crippen LogP contribution in [0.2, 0.25) is 0 Å². The first-order valence-electron chi connectivity index (χ1n) is 9.39. The molecule has 134 valence electrons. The van der Waals surface area contributed by atoms with E-state index in [-0.39, 0.29) is 5.91 Å². The number of aryl methyl sites for hydroxylation is 1. The number of carbonyl (C=O) groups is 1. The van der Waals surface area contributed by atoms with Gasteiger partial charge >= 0.3 is 0 Å². The lowest BCUT2D eigenvalue weighted by molar-refractivity contribution is 0.0946. The van der Waals surface area contributed by atoms with Gasteiger partial charge in [0.15, 0.2) is 0 Å².